The summed E-state index contributed by atoms with van der Waals surface area (Å²) in [6.07, 6.45) is 3.31. The molecule has 6 nitrogen and oxygen atoms in total. The highest BCUT2D eigenvalue weighted by atomic mass is 32.1. The Labute approximate surface area is 126 Å². The number of amides is 2. The van der Waals surface area contributed by atoms with Crippen LogP contribution in [0.2, 0.25) is 0 Å². The lowest BCUT2D eigenvalue weighted by molar-refractivity contribution is -0.118. The number of rotatable bonds is 5. The van der Waals surface area contributed by atoms with Crippen LogP contribution < -0.4 is 11.5 Å². The van der Waals surface area contributed by atoms with Crippen LogP contribution in [0, 0.1) is 5.92 Å². The molecule has 112 valence electrons. The van der Waals surface area contributed by atoms with Crippen molar-refractivity contribution in [2.45, 2.75) is 13.8 Å². The van der Waals surface area contributed by atoms with Gasteiger partial charge in [0, 0.05) is 24.3 Å². The molecule has 0 aliphatic heterocycles. The third-order valence-electron chi connectivity index (χ3n) is 2.95. The molecule has 0 aromatic carbocycles. The number of fused-ring (bicyclic) bond motifs is 1. The normalized spacial score (nSPS) is 11.0. The molecule has 2 amide bonds. The smallest absolute Gasteiger partial charge is 0.266 e. The van der Waals surface area contributed by atoms with Crippen molar-refractivity contribution in [2.24, 2.45) is 11.7 Å². The van der Waals surface area contributed by atoms with Gasteiger partial charge in [0.25, 0.3) is 5.91 Å². The molecule has 2 aromatic heterocycles. The summed E-state index contributed by atoms with van der Waals surface area (Å²) in [5, 5.41) is 0.807. The first-order chi connectivity index (χ1) is 9.90. The number of anilines is 1. The number of aromatic nitrogens is 1. The third-order valence-corrected chi connectivity index (χ3v) is 4.09. The van der Waals surface area contributed by atoms with E-state index in [2.05, 4.69) is 4.98 Å². The molecule has 0 saturated heterocycles. The molecule has 0 aliphatic rings. The van der Waals surface area contributed by atoms with Crippen LogP contribution in [0.1, 0.15) is 23.5 Å². The number of carbonyl (C=O) groups is 2. The van der Waals surface area contributed by atoms with Gasteiger partial charge >= 0.3 is 0 Å². The minimum absolute atomic E-state index is 0.108. The maximum atomic E-state index is 12.6. The third kappa shape index (κ3) is 3.30. The van der Waals surface area contributed by atoms with Crippen LogP contribution in [0.15, 0.2) is 18.5 Å². The summed E-state index contributed by atoms with van der Waals surface area (Å²) in [4.78, 5) is 29.7. The average molecular weight is 306 g/mol. The number of primary amides is 1. The van der Waals surface area contributed by atoms with Gasteiger partial charge in [0.15, 0.2) is 0 Å². The van der Waals surface area contributed by atoms with Crippen LogP contribution in [0.4, 0.5) is 5.69 Å². The van der Waals surface area contributed by atoms with Crippen LogP contribution in [0.3, 0.4) is 0 Å². The molecular formula is C14H18N4O2S. The molecule has 2 rings (SSSR count). The van der Waals surface area contributed by atoms with Gasteiger partial charge in [-0.05, 0) is 12.0 Å². The second-order valence-electron chi connectivity index (χ2n) is 5.26. The number of nitrogens with two attached hydrogens (primary N) is 2. The van der Waals surface area contributed by atoms with Gasteiger partial charge in [0.05, 0.1) is 16.9 Å². The summed E-state index contributed by atoms with van der Waals surface area (Å²) in [6, 6.07) is 1.78. The molecular weight excluding hydrogens is 288 g/mol. The molecule has 0 saturated carbocycles. The second-order valence-corrected chi connectivity index (χ2v) is 6.31. The van der Waals surface area contributed by atoms with E-state index in [9.17, 15) is 9.59 Å². The summed E-state index contributed by atoms with van der Waals surface area (Å²) in [7, 11) is 0. The van der Waals surface area contributed by atoms with Gasteiger partial charge in [0.1, 0.15) is 4.88 Å². The van der Waals surface area contributed by atoms with Crippen molar-refractivity contribution < 1.29 is 9.59 Å². The summed E-state index contributed by atoms with van der Waals surface area (Å²) in [6.45, 7) is 4.29. The van der Waals surface area contributed by atoms with E-state index in [0.29, 0.717) is 17.1 Å². The van der Waals surface area contributed by atoms with E-state index >= 15 is 0 Å². The van der Waals surface area contributed by atoms with Gasteiger partial charge in [-0.1, -0.05) is 13.8 Å². The van der Waals surface area contributed by atoms with E-state index in [1.165, 1.54) is 16.2 Å². The number of pyridine rings is 1. The molecule has 0 unspecified atom stereocenters. The molecule has 2 aromatic rings. The number of nitrogens with zero attached hydrogens (tertiary/aromatic N) is 2. The number of thiophene rings is 1. The van der Waals surface area contributed by atoms with Crippen LogP contribution >= 0.6 is 11.3 Å². The van der Waals surface area contributed by atoms with Gasteiger partial charge < -0.3 is 16.4 Å². The molecule has 0 spiro atoms. The Morgan fingerprint density at radius 3 is 2.71 bits per heavy atom. The Bertz CT molecular complexity index is 681. The molecule has 0 bridgehead atoms. The fraction of sp³-hybridized carbons (Fsp3) is 0.357. The van der Waals surface area contributed by atoms with E-state index in [4.69, 9.17) is 11.5 Å². The van der Waals surface area contributed by atoms with Crippen molar-refractivity contribution in [3.63, 3.8) is 0 Å². The maximum absolute atomic E-state index is 12.6. The molecule has 0 atom stereocenters. The number of hydrogen-bond acceptors (Lipinski definition) is 5. The zero-order chi connectivity index (χ0) is 15.6. The van der Waals surface area contributed by atoms with Gasteiger partial charge in [-0.3, -0.25) is 14.6 Å². The predicted octanol–water partition coefficient (Wildman–Crippen LogP) is 1.46. The molecule has 7 heteroatoms. The van der Waals surface area contributed by atoms with E-state index in [0.717, 1.165) is 10.1 Å². The summed E-state index contributed by atoms with van der Waals surface area (Å²) < 4.78 is 0.849. The fourth-order valence-electron chi connectivity index (χ4n) is 2.12. The number of hydrogen-bond donors (Lipinski definition) is 2. The lowest BCUT2D eigenvalue weighted by Crippen LogP contribution is -2.40. The highest BCUT2D eigenvalue weighted by Gasteiger charge is 2.23. The molecule has 0 radical (unpaired) electrons. The van der Waals surface area contributed by atoms with Gasteiger partial charge in [0.2, 0.25) is 5.91 Å². The highest BCUT2D eigenvalue weighted by Crippen LogP contribution is 2.33. The SMILES string of the molecule is CC(C)CN(CC(N)=O)C(=O)c1sc2cnccc2c1N. The molecule has 4 N–H and O–H groups in total. The van der Waals surface area contributed by atoms with Crippen LogP contribution in [0.25, 0.3) is 10.1 Å². The summed E-state index contributed by atoms with van der Waals surface area (Å²) in [5.74, 6) is -0.572. The van der Waals surface area contributed by atoms with Crippen molar-refractivity contribution in [1.82, 2.24) is 9.88 Å². The first-order valence-electron chi connectivity index (χ1n) is 6.59. The van der Waals surface area contributed by atoms with Crippen molar-refractivity contribution in [3.8, 4) is 0 Å². The van der Waals surface area contributed by atoms with Gasteiger partial charge in [-0.2, -0.15) is 0 Å². The second kappa shape index (κ2) is 6.09. The van der Waals surface area contributed by atoms with E-state index in [1.54, 1.807) is 18.5 Å². The Morgan fingerprint density at radius 1 is 1.43 bits per heavy atom. The predicted molar refractivity (Wildman–Crippen MR) is 84.0 cm³/mol. The molecule has 2 heterocycles. The van der Waals surface area contributed by atoms with E-state index < -0.39 is 5.91 Å². The summed E-state index contributed by atoms with van der Waals surface area (Å²) in [5.41, 5.74) is 11.7. The summed E-state index contributed by atoms with van der Waals surface area (Å²) >= 11 is 1.28. The van der Waals surface area contributed by atoms with Crippen molar-refractivity contribution in [1.29, 1.82) is 0 Å². The van der Waals surface area contributed by atoms with Crippen molar-refractivity contribution >= 4 is 38.9 Å². The first kappa shape index (κ1) is 15.2. The average Bonchev–Trinajstić information content (AvgIpc) is 2.74. The van der Waals surface area contributed by atoms with E-state index in [-0.39, 0.29) is 18.4 Å². The van der Waals surface area contributed by atoms with Gasteiger partial charge in [-0.15, -0.1) is 11.3 Å². The monoisotopic (exact) mass is 306 g/mol. The minimum atomic E-state index is -0.537. The quantitative estimate of drug-likeness (QED) is 0.873. The minimum Gasteiger partial charge on any atom is -0.397 e. The lowest BCUT2D eigenvalue weighted by Gasteiger charge is -2.22. The van der Waals surface area contributed by atoms with Crippen molar-refractivity contribution in [3.05, 3.63) is 23.3 Å². The largest absolute Gasteiger partial charge is 0.397 e. The topological polar surface area (TPSA) is 102 Å². The Balaban J connectivity index is 2.38. The first-order valence-corrected chi connectivity index (χ1v) is 7.41. The standard InChI is InChI=1S/C14H18N4O2S/c1-8(2)6-18(7-11(15)19)14(20)13-12(16)9-3-4-17-5-10(9)21-13/h3-5,8H,6-7,16H2,1-2H3,(H2,15,19). The zero-order valence-corrected chi connectivity index (χ0v) is 12.8. The molecule has 0 aliphatic carbocycles. The van der Waals surface area contributed by atoms with Crippen LogP contribution in [-0.2, 0) is 4.79 Å². The van der Waals surface area contributed by atoms with E-state index in [1.807, 2.05) is 13.8 Å². The molecule has 21 heavy (non-hydrogen) atoms. The highest BCUT2D eigenvalue weighted by molar-refractivity contribution is 7.21. The lowest BCUT2D eigenvalue weighted by atomic mass is 10.2. The van der Waals surface area contributed by atoms with Gasteiger partial charge in [-0.25, -0.2) is 0 Å². The molecule has 0 fully saturated rings. The fourth-order valence-corrected chi connectivity index (χ4v) is 3.18. The Kier molecular flexibility index (Phi) is 4.42. The van der Waals surface area contributed by atoms with Crippen molar-refractivity contribution in [2.75, 3.05) is 18.8 Å². The number of carbonyl (C=O) groups excluding carboxylic acids is 2. The zero-order valence-electron chi connectivity index (χ0n) is 12.0. The number of nitrogen functional groups attached to an aromatic ring is 1. The Hall–Kier alpha value is -2.15. The Morgan fingerprint density at radius 2 is 2.14 bits per heavy atom. The van der Waals surface area contributed by atoms with Crippen LogP contribution in [-0.4, -0.2) is 34.8 Å². The maximum Gasteiger partial charge on any atom is 0.266 e. The van der Waals surface area contributed by atoms with Crippen LogP contribution in [0.5, 0.6) is 0 Å².